The van der Waals surface area contributed by atoms with Gasteiger partial charge in [-0.25, -0.2) is 0 Å². The van der Waals surface area contributed by atoms with Crippen LogP contribution in [0.2, 0.25) is 0 Å². The van der Waals surface area contributed by atoms with Gasteiger partial charge in [0.1, 0.15) is 18.4 Å². The third-order valence-corrected chi connectivity index (χ3v) is 17.8. The molecule has 8 heteroatoms. The molecule has 2 heterocycles. The van der Waals surface area contributed by atoms with Crippen molar-refractivity contribution in [3.63, 3.8) is 0 Å². The molecule has 0 radical (unpaired) electrons. The summed E-state index contributed by atoms with van der Waals surface area (Å²) < 4.78 is 6.54. The summed E-state index contributed by atoms with van der Waals surface area (Å²) in [7, 11) is 0. The van der Waals surface area contributed by atoms with Crippen molar-refractivity contribution in [2.45, 2.75) is 205 Å². The topological polar surface area (TPSA) is 153 Å². The number of hydrogen-bond donors (Lipinski definition) is 6. The maximum atomic E-state index is 14.1. The molecule has 2 unspecified atom stereocenters. The Labute approximate surface area is 320 Å². The van der Waals surface area contributed by atoms with Crippen LogP contribution >= 0.6 is 0 Å². The second-order valence-corrected chi connectivity index (χ2v) is 21.2. The SMILES string of the molecule is CCC[C@](O)([C@@H]1O[C@@H]1[C@](C)(O)C(C)(C)CCC1CC[NH2+]C(N)C1)[C@@H]1CC[C@]2(O)C3=CC(=O)[C@H]4C[C@@H](O)CC[C@]4(C)[C@@H]3[C@H](CCC3CCCCC3)C[C@]12C. The first kappa shape index (κ1) is 40.3. The van der Waals surface area contributed by atoms with Crippen LogP contribution in [0.15, 0.2) is 11.6 Å². The lowest BCUT2D eigenvalue weighted by molar-refractivity contribution is -0.699. The van der Waals surface area contributed by atoms with Crippen LogP contribution in [0.4, 0.5) is 0 Å². The molecule has 7 aliphatic rings. The Hall–Kier alpha value is -0.870. The van der Waals surface area contributed by atoms with Crippen molar-refractivity contribution in [1.29, 1.82) is 0 Å². The minimum Gasteiger partial charge on any atom is -0.393 e. The van der Waals surface area contributed by atoms with E-state index in [4.69, 9.17) is 10.5 Å². The number of epoxide rings is 1. The average molecular weight is 742 g/mol. The fourth-order valence-corrected chi connectivity index (χ4v) is 14.1. The molecular formula is C45H77N2O6+. The number of carbonyl (C=O) groups excluding carboxylic acids is 1. The molecule has 0 aromatic heterocycles. The van der Waals surface area contributed by atoms with Gasteiger partial charge in [0.2, 0.25) is 0 Å². The lowest BCUT2D eigenvalue weighted by Gasteiger charge is -2.63. The van der Waals surface area contributed by atoms with Gasteiger partial charge >= 0.3 is 0 Å². The first-order valence-corrected chi connectivity index (χ1v) is 22.3. The highest BCUT2D eigenvalue weighted by Gasteiger charge is 2.74. The van der Waals surface area contributed by atoms with Crippen molar-refractivity contribution in [2.24, 2.45) is 57.5 Å². The smallest absolute Gasteiger partial charge is 0.159 e. The zero-order valence-corrected chi connectivity index (χ0v) is 34.3. The molecule has 2 aliphatic heterocycles. The van der Waals surface area contributed by atoms with E-state index in [1.54, 1.807) is 0 Å². The Morgan fingerprint density at radius 1 is 0.925 bits per heavy atom. The maximum Gasteiger partial charge on any atom is 0.159 e. The molecule has 0 aromatic carbocycles. The summed E-state index contributed by atoms with van der Waals surface area (Å²) in [6.45, 7) is 13.9. The minimum atomic E-state index is -1.22. The number of allylic oxidation sites excluding steroid dienone is 1. The molecule has 5 aliphatic carbocycles. The van der Waals surface area contributed by atoms with E-state index in [9.17, 15) is 25.2 Å². The van der Waals surface area contributed by atoms with E-state index in [0.717, 1.165) is 69.4 Å². The summed E-state index contributed by atoms with van der Waals surface area (Å²) in [4.78, 5) is 14.1. The van der Waals surface area contributed by atoms with E-state index in [1.165, 1.54) is 38.5 Å². The third kappa shape index (κ3) is 6.76. The van der Waals surface area contributed by atoms with Gasteiger partial charge < -0.3 is 30.5 Å². The molecule has 2 saturated heterocycles. The van der Waals surface area contributed by atoms with Crippen LogP contribution in [0, 0.1) is 51.8 Å². The number of fused-ring (bicyclic) bond motifs is 5. The highest BCUT2D eigenvalue weighted by Crippen LogP contribution is 2.72. The van der Waals surface area contributed by atoms with Gasteiger partial charge in [-0.15, -0.1) is 0 Å². The molecule has 6 fully saturated rings. The molecule has 53 heavy (non-hydrogen) atoms. The van der Waals surface area contributed by atoms with Crippen molar-refractivity contribution in [2.75, 3.05) is 6.54 Å². The van der Waals surface area contributed by atoms with E-state index in [1.807, 2.05) is 13.0 Å². The van der Waals surface area contributed by atoms with E-state index < -0.39 is 45.9 Å². The lowest BCUT2D eigenvalue weighted by Crippen LogP contribution is -2.94. The molecule has 8 N–H and O–H groups in total. The molecule has 4 saturated carbocycles. The predicted molar refractivity (Wildman–Crippen MR) is 207 cm³/mol. The third-order valence-electron chi connectivity index (χ3n) is 17.8. The number of rotatable bonds is 12. The van der Waals surface area contributed by atoms with Gasteiger partial charge in [0.25, 0.3) is 0 Å². The van der Waals surface area contributed by atoms with E-state index in [-0.39, 0.29) is 35.1 Å². The largest absolute Gasteiger partial charge is 0.393 e. The number of hydrogen-bond acceptors (Lipinski definition) is 7. The van der Waals surface area contributed by atoms with Gasteiger partial charge in [-0.2, -0.15) is 0 Å². The van der Waals surface area contributed by atoms with E-state index in [2.05, 4.69) is 39.9 Å². The van der Waals surface area contributed by atoms with Gasteiger partial charge in [0.15, 0.2) is 5.78 Å². The van der Waals surface area contributed by atoms with E-state index >= 15 is 0 Å². The fraction of sp³-hybridized carbons (Fsp3) is 0.933. The predicted octanol–water partition coefficient (Wildman–Crippen LogP) is 5.92. The van der Waals surface area contributed by atoms with Crippen LogP contribution in [0.5, 0.6) is 0 Å². The molecule has 0 bridgehead atoms. The van der Waals surface area contributed by atoms with Crippen molar-refractivity contribution in [3.8, 4) is 0 Å². The number of nitrogens with two attached hydrogens (primary N) is 2. The number of quaternary nitrogens is 1. The zero-order valence-electron chi connectivity index (χ0n) is 34.3. The van der Waals surface area contributed by atoms with Crippen molar-refractivity contribution in [1.82, 2.24) is 0 Å². The maximum absolute atomic E-state index is 14.1. The average Bonchev–Trinajstić information content (AvgIpc) is 3.88. The van der Waals surface area contributed by atoms with Crippen molar-refractivity contribution >= 4 is 5.78 Å². The van der Waals surface area contributed by atoms with Gasteiger partial charge in [0, 0.05) is 17.8 Å². The molecule has 0 amide bonds. The Kier molecular flexibility index (Phi) is 11.0. The number of carbonyl (C=O) groups is 1. The summed E-state index contributed by atoms with van der Waals surface area (Å²) in [5, 5.41) is 51.8. The molecule has 302 valence electrons. The highest BCUT2D eigenvalue weighted by atomic mass is 16.6. The summed E-state index contributed by atoms with van der Waals surface area (Å²) >= 11 is 0. The molecule has 8 nitrogen and oxygen atoms in total. The van der Waals surface area contributed by atoms with Crippen molar-refractivity contribution in [3.05, 3.63) is 11.6 Å². The lowest BCUT2D eigenvalue weighted by atomic mass is 9.42. The Bertz CT molecular complexity index is 1380. The number of ether oxygens (including phenoxy) is 1. The Morgan fingerprint density at radius 3 is 2.36 bits per heavy atom. The molecule has 0 aromatic rings. The first-order chi connectivity index (χ1) is 24.9. The Balaban J connectivity index is 1.18. The quantitative estimate of drug-likeness (QED) is 0.136. The van der Waals surface area contributed by atoms with Crippen LogP contribution < -0.4 is 11.1 Å². The van der Waals surface area contributed by atoms with Crippen LogP contribution in [-0.4, -0.2) is 74.0 Å². The van der Waals surface area contributed by atoms with Crippen LogP contribution in [0.25, 0.3) is 0 Å². The first-order valence-electron chi connectivity index (χ1n) is 22.3. The van der Waals surface area contributed by atoms with Crippen LogP contribution in [-0.2, 0) is 9.53 Å². The standard InChI is InChI=1S/C45H76N2O6/c1-7-19-44(51,39-38(53-39)43(6,50)40(2,3)20-15-29-18-23-47-36(46)24-29)35-17-22-45(52)33-26-34(49)32-25-31(48)16-21-41(32,4)37(33)30(27-42(35,45)5)14-13-28-11-9-8-10-12-28/h26,28-32,35-39,47-48,50-52H,7-25,27,46H2,1-6H3/p+1/t29?,30-,31+,32-,35-,36?,37-,38+,39-,41+,42-,43+,44-,45+/m1/s1. The summed E-state index contributed by atoms with van der Waals surface area (Å²) in [6, 6.07) is 0. The highest BCUT2D eigenvalue weighted by molar-refractivity contribution is 5.95. The zero-order chi connectivity index (χ0) is 38.2. The molecule has 0 spiro atoms. The molecule has 14 atom stereocenters. The number of ketones is 1. The van der Waals surface area contributed by atoms with Gasteiger partial charge in [-0.05, 0) is 130 Å². The van der Waals surface area contributed by atoms with Crippen LogP contribution in [0.1, 0.15) is 164 Å². The summed E-state index contributed by atoms with van der Waals surface area (Å²) in [6.07, 6.45) is 18.8. The monoisotopic (exact) mass is 742 g/mol. The van der Waals surface area contributed by atoms with Crippen molar-refractivity contribution < 1.29 is 35.3 Å². The molecule has 7 rings (SSSR count). The number of aliphatic hydroxyl groups excluding tert-OH is 1. The number of piperidine rings is 1. The van der Waals surface area contributed by atoms with Crippen LogP contribution in [0.3, 0.4) is 0 Å². The number of aliphatic hydroxyl groups is 4. The summed E-state index contributed by atoms with van der Waals surface area (Å²) in [5.74, 6) is 1.32. The fourth-order valence-electron chi connectivity index (χ4n) is 14.1. The second-order valence-electron chi connectivity index (χ2n) is 21.2. The molecular weight excluding hydrogens is 665 g/mol. The second kappa shape index (κ2) is 14.5. The normalized spacial score (nSPS) is 45.7. The Morgan fingerprint density at radius 2 is 1.66 bits per heavy atom. The summed E-state index contributed by atoms with van der Waals surface area (Å²) in [5.41, 5.74) is 2.27. The minimum absolute atomic E-state index is 0.0747. The van der Waals surface area contributed by atoms with Gasteiger partial charge in [0.05, 0.1) is 29.5 Å². The van der Waals surface area contributed by atoms with Gasteiger partial charge in [-0.1, -0.05) is 79.6 Å². The van der Waals surface area contributed by atoms with E-state index in [0.29, 0.717) is 43.9 Å². The van der Waals surface area contributed by atoms with Gasteiger partial charge in [-0.3, -0.25) is 10.5 Å².